The van der Waals surface area contributed by atoms with Crippen molar-refractivity contribution in [3.63, 3.8) is 0 Å². The molecular formula is C10H8BrN3O3S. The van der Waals surface area contributed by atoms with Crippen molar-refractivity contribution in [1.29, 1.82) is 0 Å². The zero-order valence-electron chi connectivity index (χ0n) is 9.05. The molecule has 0 aromatic heterocycles. The maximum Gasteiger partial charge on any atom is 0.270 e. The molecular weight excluding hydrogens is 322 g/mol. The number of thioether (sulfide) groups is 1. The largest absolute Gasteiger partial charge is 0.301 e. The molecule has 1 amide bonds. The van der Waals surface area contributed by atoms with Crippen molar-refractivity contribution in [2.75, 3.05) is 12.3 Å². The van der Waals surface area contributed by atoms with Gasteiger partial charge in [0.1, 0.15) is 0 Å². The van der Waals surface area contributed by atoms with E-state index in [-0.39, 0.29) is 11.3 Å². The zero-order chi connectivity index (χ0) is 13.1. The third kappa shape index (κ3) is 2.88. The van der Waals surface area contributed by atoms with Crippen LogP contribution < -0.4 is 5.32 Å². The van der Waals surface area contributed by atoms with Crippen LogP contribution in [0.25, 0.3) is 0 Å². The first-order chi connectivity index (χ1) is 8.58. The van der Waals surface area contributed by atoms with Gasteiger partial charge < -0.3 is 5.32 Å². The van der Waals surface area contributed by atoms with E-state index in [0.717, 1.165) is 5.75 Å². The highest BCUT2D eigenvalue weighted by Gasteiger charge is 2.18. The molecule has 1 aliphatic heterocycles. The number of nitro groups is 1. The van der Waals surface area contributed by atoms with Crippen LogP contribution in [0.4, 0.5) is 5.69 Å². The Balaban J connectivity index is 2.23. The summed E-state index contributed by atoms with van der Waals surface area (Å²) in [5.41, 5.74) is 0.101. The number of carbonyl (C=O) groups excluding carboxylic acids is 1. The van der Waals surface area contributed by atoms with Crippen molar-refractivity contribution in [2.24, 2.45) is 4.99 Å². The second-order valence-corrected chi connectivity index (χ2v) is 5.35. The molecule has 8 heteroatoms. The van der Waals surface area contributed by atoms with Crippen LogP contribution in [0, 0.1) is 10.1 Å². The van der Waals surface area contributed by atoms with Crippen molar-refractivity contribution >= 4 is 44.5 Å². The number of hydrogen-bond acceptors (Lipinski definition) is 5. The Hall–Kier alpha value is -1.41. The SMILES string of the molecule is O=C(NC1=NCCS1)c1cc([N+](=O)[O-])ccc1Br. The highest BCUT2D eigenvalue weighted by atomic mass is 79.9. The summed E-state index contributed by atoms with van der Waals surface area (Å²) in [7, 11) is 0. The first kappa shape index (κ1) is 13.0. The van der Waals surface area contributed by atoms with E-state index < -0.39 is 10.8 Å². The lowest BCUT2D eigenvalue weighted by Crippen LogP contribution is -2.27. The number of amides is 1. The average molecular weight is 330 g/mol. The van der Waals surface area contributed by atoms with Gasteiger partial charge in [0, 0.05) is 22.4 Å². The summed E-state index contributed by atoms with van der Waals surface area (Å²) in [6, 6.07) is 4.05. The third-order valence-corrected chi connectivity index (χ3v) is 3.79. The van der Waals surface area contributed by atoms with E-state index in [4.69, 9.17) is 0 Å². The number of amidine groups is 1. The number of nitrogens with zero attached hydrogens (tertiary/aromatic N) is 2. The van der Waals surface area contributed by atoms with Crippen molar-refractivity contribution in [3.8, 4) is 0 Å². The quantitative estimate of drug-likeness (QED) is 0.665. The summed E-state index contributed by atoms with van der Waals surface area (Å²) in [6.07, 6.45) is 0. The molecule has 1 heterocycles. The molecule has 0 fully saturated rings. The molecule has 1 aromatic carbocycles. The smallest absolute Gasteiger partial charge is 0.270 e. The van der Waals surface area contributed by atoms with Crippen LogP contribution in [-0.2, 0) is 0 Å². The molecule has 0 atom stereocenters. The topological polar surface area (TPSA) is 84.6 Å². The number of benzene rings is 1. The molecule has 18 heavy (non-hydrogen) atoms. The third-order valence-electron chi connectivity index (χ3n) is 2.21. The van der Waals surface area contributed by atoms with E-state index >= 15 is 0 Å². The van der Waals surface area contributed by atoms with Crippen LogP contribution >= 0.6 is 27.7 Å². The maximum atomic E-state index is 11.9. The van der Waals surface area contributed by atoms with Gasteiger partial charge >= 0.3 is 0 Å². The minimum atomic E-state index is -0.537. The molecule has 0 unspecified atom stereocenters. The number of hydrogen-bond donors (Lipinski definition) is 1. The number of halogens is 1. The zero-order valence-corrected chi connectivity index (χ0v) is 11.5. The first-order valence-corrected chi connectivity index (χ1v) is 6.78. The average Bonchev–Trinajstić information content (AvgIpc) is 2.81. The van der Waals surface area contributed by atoms with Crippen LogP contribution in [0.15, 0.2) is 27.7 Å². The fourth-order valence-corrected chi connectivity index (χ4v) is 2.53. The summed E-state index contributed by atoms with van der Waals surface area (Å²) in [4.78, 5) is 26.2. The number of rotatable bonds is 2. The molecule has 1 N–H and O–H groups in total. The lowest BCUT2D eigenvalue weighted by Gasteiger charge is -2.05. The van der Waals surface area contributed by atoms with Gasteiger partial charge in [-0.25, -0.2) is 0 Å². The minimum absolute atomic E-state index is 0.121. The first-order valence-electron chi connectivity index (χ1n) is 5.00. The summed E-state index contributed by atoms with van der Waals surface area (Å²) in [5, 5.41) is 13.8. The van der Waals surface area contributed by atoms with E-state index in [9.17, 15) is 14.9 Å². The van der Waals surface area contributed by atoms with E-state index in [1.54, 1.807) is 0 Å². The standard InChI is InChI=1S/C10H8BrN3O3S/c11-8-2-1-6(14(16)17)5-7(8)9(15)13-10-12-3-4-18-10/h1-2,5H,3-4H2,(H,12,13,15). The molecule has 1 aliphatic rings. The second kappa shape index (κ2) is 5.49. The lowest BCUT2D eigenvalue weighted by atomic mass is 10.2. The van der Waals surface area contributed by atoms with Gasteiger partial charge in [-0.1, -0.05) is 11.8 Å². The molecule has 94 valence electrons. The Labute approximate surface area is 115 Å². The summed E-state index contributed by atoms with van der Waals surface area (Å²) in [5.74, 6) is 0.435. The van der Waals surface area contributed by atoms with Gasteiger partial charge in [0.15, 0.2) is 5.17 Å². The highest BCUT2D eigenvalue weighted by molar-refractivity contribution is 9.10. The fraction of sp³-hybridized carbons (Fsp3) is 0.200. The molecule has 0 aliphatic carbocycles. The van der Waals surface area contributed by atoms with Gasteiger partial charge in [-0.2, -0.15) is 0 Å². The Kier molecular flexibility index (Phi) is 3.97. The molecule has 2 rings (SSSR count). The van der Waals surface area contributed by atoms with E-state index in [1.807, 2.05) is 0 Å². The highest BCUT2D eigenvalue weighted by Crippen LogP contribution is 2.23. The monoisotopic (exact) mass is 329 g/mol. The predicted octanol–water partition coefficient (Wildman–Crippen LogP) is 2.19. The van der Waals surface area contributed by atoms with Crippen LogP contribution in [-0.4, -0.2) is 28.3 Å². The van der Waals surface area contributed by atoms with Crippen LogP contribution in [0.1, 0.15) is 10.4 Å². The normalized spacial score (nSPS) is 14.2. The van der Waals surface area contributed by atoms with Gasteiger partial charge in [-0.15, -0.1) is 0 Å². The van der Waals surface area contributed by atoms with E-state index in [0.29, 0.717) is 16.2 Å². The molecule has 6 nitrogen and oxygen atoms in total. The fourth-order valence-electron chi connectivity index (χ4n) is 1.38. The van der Waals surface area contributed by atoms with Gasteiger partial charge in [-0.05, 0) is 22.0 Å². The minimum Gasteiger partial charge on any atom is -0.301 e. The molecule has 1 aromatic rings. The van der Waals surface area contributed by atoms with Crippen LogP contribution in [0.3, 0.4) is 0 Å². The van der Waals surface area contributed by atoms with Crippen molar-refractivity contribution < 1.29 is 9.72 Å². The Bertz CT molecular complexity index is 547. The number of nitrogens with one attached hydrogen (secondary N) is 1. The molecule has 0 saturated carbocycles. The van der Waals surface area contributed by atoms with Gasteiger partial charge in [0.25, 0.3) is 11.6 Å². The number of nitro benzene ring substituents is 1. The summed E-state index contributed by atoms with van der Waals surface area (Å²) >= 11 is 4.65. The molecule has 0 spiro atoms. The lowest BCUT2D eigenvalue weighted by molar-refractivity contribution is -0.384. The van der Waals surface area contributed by atoms with E-state index in [1.165, 1.54) is 30.0 Å². The second-order valence-electron chi connectivity index (χ2n) is 3.41. The van der Waals surface area contributed by atoms with Gasteiger partial charge in [0.2, 0.25) is 0 Å². The number of non-ortho nitro benzene ring substituents is 1. The number of aliphatic imine (C=N–C) groups is 1. The molecule has 0 saturated heterocycles. The van der Waals surface area contributed by atoms with Crippen LogP contribution in [0.5, 0.6) is 0 Å². The Morgan fingerprint density at radius 2 is 2.33 bits per heavy atom. The maximum absolute atomic E-state index is 11.9. The Morgan fingerprint density at radius 3 is 2.94 bits per heavy atom. The molecule has 0 radical (unpaired) electrons. The van der Waals surface area contributed by atoms with Crippen molar-refractivity contribution in [2.45, 2.75) is 0 Å². The van der Waals surface area contributed by atoms with Crippen molar-refractivity contribution in [3.05, 3.63) is 38.3 Å². The van der Waals surface area contributed by atoms with E-state index in [2.05, 4.69) is 26.2 Å². The van der Waals surface area contributed by atoms with Gasteiger partial charge in [-0.3, -0.25) is 19.9 Å². The number of carbonyl (C=O) groups is 1. The summed E-state index contributed by atoms with van der Waals surface area (Å²) < 4.78 is 0.509. The molecule has 0 bridgehead atoms. The van der Waals surface area contributed by atoms with Crippen molar-refractivity contribution in [1.82, 2.24) is 5.32 Å². The van der Waals surface area contributed by atoms with Crippen LogP contribution in [0.2, 0.25) is 0 Å². The Morgan fingerprint density at radius 1 is 1.56 bits per heavy atom. The van der Waals surface area contributed by atoms with Gasteiger partial charge in [0.05, 0.1) is 17.0 Å². The summed E-state index contributed by atoms with van der Waals surface area (Å²) in [6.45, 7) is 0.677. The predicted molar refractivity (Wildman–Crippen MR) is 73.0 cm³/mol.